The third-order valence-electron chi connectivity index (χ3n) is 3.04. The zero-order valence-electron chi connectivity index (χ0n) is 11.0. The molecule has 0 unspecified atom stereocenters. The van der Waals surface area contributed by atoms with Crippen molar-refractivity contribution in [2.24, 2.45) is 4.99 Å². The normalized spacial score (nSPS) is 20.5. The third-order valence-corrected chi connectivity index (χ3v) is 3.04. The fourth-order valence-electron chi connectivity index (χ4n) is 2.35. The molecule has 0 saturated heterocycles. The average Bonchev–Trinajstić information content (AvgIpc) is 2.23. The molecule has 2 heteroatoms. The number of nitrogens with zero attached hydrogens (tertiary/aromatic N) is 1. The minimum absolute atomic E-state index is 0.233. The molecule has 1 aliphatic carbocycles. The second-order valence-corrected chi connectivity index (χ2v) is 4.84. The first-order valence-corrected chi connectivity index (χ1v) is 6.46. The highest BCUT2D eigenvalue weighted by Crippen LogP contribution is 2.29. The Morgan fingerprint density at radius 1 is 1.29 bits per heavy atom. The van der Waals surface area contributed by atoms with Crippen molar-refractivity contribution in [3.63, 3.8) is 0 Å². The SMILES string of the molecule is CC1=NCCC2=CC=CCCC(OC(C)C)=C21. The van der Waals surface area contributed by atoms with Crippen LogP contribution in [-0.2, 0) is 4.74 Å². The fourth-order valence-corrected chi connectivity index (χ4v) is 2.35. The maximum Gasteiger partial charge on any atom is 0.106 e. The predicted octanol–water partition coefficient (Wildman–Crippen LogP) is 3.81. The smallest absolute Gasteiger partial charge is 0.106 e. The number of fused-ring (bicyclic) bond motifs is 1. The van der Waals surface area contributed by atoms with E-state index in [9.17, 15) is 0 Å². The zero-order chi connectivity index (χ0) is 12.3. The lowest BCUT2D eigenvalue weighted by atomic mass is 9.92. The molecule has 0 aromatic carbocycles. The Kier molecular flexibility index (Phi) is 3.82. The Morgan fingerprint density at radius 3 is 2.88 bits per heavy atom. The summed E-state index contributed by atoms with van der Waals surface area (Å²) in [6.45, 7) is 7.17. The van der Waals surface area contributed by atoms with Crippen LogP contribution in [0.2, 0.25) is 0 Å². The molecular formula is C15H21NO. The standard InChI is InChI=1S/C15H21NO/c1-11(2)17-14-8-6-4-5-7-13-9-10-16-12(3)15(13)14/h4-5,7,11H,6,8-10H2,1-3H3. The van der Waals surface area contributed by atoms with E-state index in [2.05, 4.69) is 44.0 Å². The van der Waals surface area contributed by atoms with Crippen molar-refractivity contribution in [1.29, 1.82) is 0 Å². The van der Waals surface area contributed by atoms with Gasteiger partial charge < -0.3 is 4.74 Å². The summed E-state index contributed by atoms with van der Waals surface area (Å²) in [5.74, 6) is 1.12. The van der Waals surface area contributed by atoms with Crippen molar-refractivity contribution in [2.45, 2.75) is 46.1 Å². The molecule has 2 nitrogen and oxygen atoms in total. The highest BCUT2D eigenvalue weighted by atomic mass is 16.5. The predicted molar refractivity (Wildman–Crippen MR) is 72.3 cm³/mol. The first-order chi connectivity index (χ1) is 8.18. The monoisotopic (exact) mass is 231 g/mol. The Labute approximate surface area is 104 Å². The fraction of sp³-hybridized carbons (Fsp3) is 0.533. The van der Waals surface area contributed by atoms with E-state index in [4.69, 9.17) is 4.74 Å². The largest absolute Gasteiger partial charge is 0.495 e. The molecule has 0 aromatic rings. The van der Waals surface area contributed by atoms with Gasteiger partial charge in [-0.15, -0.1) is 0 Å². The van der Waals surface area contributed by atoms with Gasteiger partial charge in [-0.05, 0) is 39.2 Å². The molecule has 0 N–H and O–H groups in total. The van der Waals surface area contributed by atoms with Gasteiger partial charge in [0.1, 0.15) is 5.76 Å². The molecule has 1 aliphatic heterocycles. The van der Waals surface area contributed by atoms with Gasteiger partial charge in [0.15, 0.2) is 0 Å². The van der Waals surface area contributed by atoms with Crippen molar-refractivity contribution in [3.8, 4) is 0 Å². The highest BCUT2D eigenvalue weighted by Gasteiger charge is 2.20. The van der Waals surface area contributed by atoms with Crippen LogP contribution in [0.1, 0.15) is 40.0 Å². The maximum absolute atomic E-state index is 5.99. The van der Waals surface area contributed by atoms with Crippen LogP contribution in [0, 0.1) is 0 Å². The Hall–Kier alpha value is -1.31. The summed E-state index contributed by atoms with van der Waals surface area (Å²) < 4.78 is 5.99. The number of aliphatic imine (C=N–C) groups is 1. The molecule has 0 atom stereocenters. The van der Waals surface area contributed by atoms with E-state index in [1.165, 1.54) is 11.1 Å². The van der Waals surface area contributed by atoms with Gasteiger partial charge >= 0.3 is 0 Å². The molecule has 0 radical (unpaired) electrons. The number of allylic oxidation sites excluding steroid dienone is 5. The second-order valence-electron chi connectivity index (χ2n) is 4.84. The van der Waals surface area contributed by atoms with Crippen LogP contribution in [0.4, 0.5) is 0 Å². The lowest BCUT2D eigenvalue weighted by Crippen LogP contribution is -2.16. The van der Waals surface area contributed by atoms with Crippen LogP contribution in [0.5, 0.6) is 0 Å². The van der Waals surface area contributed by atoms with Crippen molar-refractivity contribution in [2.75, 3.05) is 6.54 Å². The van der Waals surface area contributed by atoms with Gasteiger partial charge in [0.25, 0.3) is 0 Å². The topological polar surface area (TPSA) is 21.6 Å². The molecule has 1 heterocycles. The molecule has 17 heavy (non-hydrogen) atoms. The summed E-state index contributed by atoms with van der Waals surface area (Å²) in [5.41, 5.74) is 3.77. The van der Waals surface area contributed by atoms with Crippen LogP contribution < -0.4 is 0 Å². The van der Waals surface area contributed by atoms with E-state index in [-0.39, 0.29) is 6.10 Å². The highest BCUT2D eigenvalue weighted by molar-refractivity contribution is 6.03. The summed E-state index contributed by atoms with van der Waals surface area (Å²) in [7, 11) is 0. The molecule has 0 saturated carbocycles. The van der Waals surface area contributed by atoms with Gasteiger partial charge in [0.2, 0.25) is 0 Å². The summed E-state index contributed by atoms with van der Waals surface area (Å²) in [6, 6.07) is 0. The third kappa shape index (κ3) is 2.87. The molecule has 0 bridgehead atoms. The maximum atomic E-state index is 5.99. The number of ether oxygens (including phenoxy) is 1. The first kappa shape index (κ1) is 12.2. The van der Waals surface area contributed by atoms with Crippen LogP contribution >= 0.6 is 0 Å². The average molecular weight is 231 g/mol. The van der Waals surface area contributed by atoms with E-state index in [0.717, 1.165) is 37.3 Å². The molecule has 0 spiro atoms. The van der Waals surface area contributed by atoms with Gasteiger partial charge in [-0.2, -0.15) is 0 Å². The van der Waals surface area contributed by atoms with Gasteiger partial charge in [0, 0.05) is 24.3 Å². The zero-order valence-corrected chi connectivity index (χ0v) is 11.0. The van der Waals surface area contributed by atoms with Crippen molar-refractivity contribution < 1.29 is 4.74 Å². The molecule has 2 aliphatic rings. The molecule has 0 aromatic heterocycles. The van der Waals surface area contributed by atoms with Gasteiger partial charge in [-0.25, -0.2) is 0 Å². The molecule has 0 fully saturated rings. The van der Waals surface area contributed by atoms with Gasteiger partial charge in [-0.1, -0.05) is 18.2 Å². The Morgan fingerprint density at radius 2 is 2.12 bits per heavy atom. The number of hydrogen-bond acceptors (Lipinski definition) is 2. The summed E-state index contributed by atoms with van der Waals surface area (Å²) >= 11 is 0. The molecule has 2 rings (SSSR count). The van der Waals surface area contributed by atoms with Crippen molar-refractivity contribution in [3.05, 3.63) is 35.1 Å². The molecule has 92 valence electrons. The van der Waals surface area contributed by atoms with Crippen LogP contribution in [-0.4, -0.2) is 18.4 Å². The quantitative estimate of drug-likeness (QED) is 0.708. The first-order valence-electron chi connectivity index (χ1n) is 6.46. The summed E-state index contributed by atoms with van der Waals surface area (Å²) in [5, 5.41) is 0. The Bertz CT molecular complexity index is 411. The van der Waals surface area contributed by atoms with E-state index in [1.807, 2.05) is 0 Å². The van der Waals surface area contributed by atoms with Crippen molar-refractivity contribution >= 4 is 5.71 Å². The number of rotatable bonds is 2. The lowest BCUT2D eigenvalue weighted by Gasteiger charge is -2.24. The molecule has 0 amide bonds. The van der Waals surface area contributed by atoms with Crippen LogP contribution in [0.3, 0.4) is 0 Å². The minimum Gasteiger partial charge on any atom is -0.495 e. The van der Waals surface area contributed by atoms with E-state index >= 15 is 0 Å². The van der Waals surface area contributed by atoms with E-state index in [0.29, 0.717) is 0 Å². The van der Waals surface area contributed by atoms with Crippen molar-refractivity contribution in [1.82, 2.24) is 0 Å². The lowest BCUT2D eigenvalue weighted by molar-refractivity contribution is 0.138. The van der Waals surface area contributed by atoms with E-state index in [1.54, 1.807) is 0 Å². The minimum atomic E-state index is 0.233. The second kappa shape index (κ2) is 5.35. The van der Waals surface area contributed by atoms with E-state index < -0.39 is 0 Å². The Balaban J connectivity index is 2.44. The van der Waals surface area contributed by atoms with Gasteiger partial charge in [0.05, 0.1) is 6.10 Å². The molecular weight excluding hydrogens is 210 g/mol. The van der Waals surface area contributed by atoms with Crippen LogP contribution in [0.15, 0.2) is 40.1 Å². The number of hydrogen-bond donors (Lipinski definition) is 0. The van der Waals surface area contributed by atoms with Gasteiger partial charge in [-0.3, -0.25) is 4.99 Å². The van der Waals surface area contributed by atoms with Crippen LogP contribution in [0.25, 0.3) is 0 Å². The summed E-state index contributed by atoms with van der Waals surface area (Å²) in [4.78, 5) is 4.56. The summed E-state index contributed by atoms with van der Waals surface area (Å²) in [6.07, 6.45) is 9.89.